The highest BCUT2D eigenvalue weighted by atomic mass is 35.5. The summed E-state index contributed by atoms with van der Waals surface area (Å²) in [5.41, 5.74) is 1.82. The van der Waals surface area contributed by atoms with E-state index < -0.39 is 0 Å². The third-order valence-corrected chi connectivity index (χ3v) is 4.02. The SMILES string of the molecule is O=C(/C=C/c1ccccc1Cl)Nc1ccn(Cc2cccc(Cl)c2)n1. The molecule has 1 heterocycles. The van der Waals surface area contributed by atoms with E-state index in [4.69, 9.17) is 23.2 Å². The van der Waals surface area contributed by atoms with Gasteiger partial charge in [-0.15, -0.1) is 0 Å². The zero-order chi connectivity index (χ0) is 17.6. The number of carbonyl (C=O) groups is 1. The maximum absolute atomic E-state index is 12.0. The van der Waals surface area contributed by atoms with Crippen LogP contribution in [0.4, 0.5) is 5.82 Å². The molecule has 0 spiro atoms. The maximum atomic E-state index is 12.0. The van der Waals surface area contributed by atoms with Gasteiger partial charge in [0.25, 0.3) is 0 Å². The van der Waals surface area contributed by atoms with E-state index in [0.29, 0.717) is 22.4 Å². The summed E-state index contributed by atoms with van der Waals surface area (Å²) in [5.74, 6) is 0.212. The molecule has 0 atom stereocenters. The summed E-state index contributed by atoms with van der Waals surface area (Å²) >= 11 is 12.0. The topological polar surface area (TPSA) is 46.9 Å². The van der Waals surface area contributed by atoms with Crippen LogP contribution in [0.5, 0.6) is 0 Å². The van der Waals surface area contributed by atoms with Crippen molar-refractivity contribution < 1.29 is 4.79 Å². The summed E-state index contributed by atoms with van der Waals surface area (Å²) in [5, 5.41) is 8.33. The average molecular weight is 372 g/mol. The van der Waals surface area contributed by atoms with Crippen molar-refractivity contribution >= 4 is 41.0 Å². The Morgan fingerprint density at radius 2 is 1.96 bits per heavy atom. The molecule has 0 unspecified atom stereocenters. The number of aromatic nitrogens is 2. The molecular weight excluding hydrogens is 357 g/mol. The quantitative estimate of drug-likeness (QED) is 0.649. The summed E-state index contributed by atoms with van der Waals surface area (Å²) in [6, 6.07) is 16.6. The minimum atomic E-state index is -0.270. The molecule has 2 aromatic carbocycles. The number of anilines is 1. The molecule has 1 N–H and O–H groups in total. The Kier molecular flexibility index (Phi) is 5.53. The minimum absolute atomic E-state index is 0.270. The Hall–Kier alpha value is -2.56. The molecule has 0 aliphatic heterocycles. The molecule has 4 nitrogen and oxygen atoms in total. The van der Waals surface area contributed by atoms with Crippen LogP contribution >= 0.6 is 23.2 Å². The minimum Gasteiger partial charge on any atom is -0.306 e. The molecule has 25 heavy (non-hydrogen) atoms. The van der Waals surface area contributed by atoms with E-state index in [2.05, 4.69) is 10.4 Å². The van der Waals surface area contributed by atoms with Gasteiger partial charge >= 0.3 is 0 Å². The molecule has 6 heteroatoms. The normalized spacial score (nSPS) is 11.0. The van der Waals surface area contributed by atoms with Crippen molar-refractivity contribution in [3.05, 3.63) is 88.0 Å². The van der Waals surface area contributed by atoms with E-state index in [0.717, 1.165) is 11.1 Å². The molecule has 0 fully saturated rings. The van der Waals surface area contributed by atoms with Crippen LogP contribution in [-0.2, 0) is 11.3 Å². The van der Waals surface area contributed by atoms with E-state index in [9.17, 15) is 4.79 Å². The summed E-state index contributed by atoms with van der Waals surface area (Å²) < 4.78 is 1.74. The standard InChI is InChI=1S/C19H15Cl2N3O/c20-16-6-3-4-14(12-16)13-24-11-10-18(23-24)22-19(25)9-8-15-5-1-2-7-17(15)21/h1-12H,13H2,(H,22,23,25)/b9-8+. The van der Waals surface area contributed by atoms with Crippen LogP contribution in [-0.4, -0.2) is 15.7 Å². The smallest absolute Gasteiger partial charge is 0.249 e. The number of nitrogens with zero attached hydrogens (tertiary/aromatic N) is 2. The van der Waals surface area contributed by atoms with Crippen molar-refractivity contribution in [1.82, 2.24) is 9.78 Å². The number of amides is 1. The number of hydrogen-bond donors (Lipinski definition) is 1. The Morgan fingerprint density at radius 3 is 2.76 bits per heavy atom. The first-order valence-electron chi connectivity index (χ1n) is 7.62. The van der Waals surface area contributed by atoms with Gasteiger partial charge in [-0.05, 0) is 35.4 Å². The molecule has 3 rings (SSSR count). The van der Waals surface area contributed by atoms with Gasteiger partial charge < -0.3 is 5.32 Å². The van der Waals surface area contributed by atoms with E-state index in [1.165, 1.54) is 6.08 Å². The molecule has 0 aliphatic rings. The lowest BCUT2D eigenvalue weighted by Crippen LogP contribution is -2.09. The Bertz CT molecular complexity index is 918. The van der Waals surface area contributed by atoms with Crippen molar-refractivity contribution in [3.63, 3.8) is 0 Å². The average Bonchev–Trinajstić information content (AvgIpc) is 3.01. The summed E-state index contributed by atoms with van der Waals surface area (Å²) in [6.07, 6.45) is 4.89. The fraction of sp³-hybridized carbons (Fsp3) is 0.0526. The molecule has 126 valence electrons. The fourth-order valence-electron chi connectivity index (χ4n) is 2.28. The van der Waals surface area contributed by atoms with Gasteiger partial charge in [0.05, 0.1) is 6.54 Å². The molecule has 0 aliphatic carbocycles. The second-order valence-electron chi connectivity index (χ2n) is 5.37. The maximum Gasteiger partial charge on any atom is 0.249 e. The molecule has 0 radical (unpaired) electrons. The van der Waals surface area contributed by atoms with Gasteiger partial charge in [-0.25, -0.2) is 0 Å². The molecule has 0 bridgehead atoms. The molecule has 0 saturated carbocycles. The van der Waals surface area contributed by atoms with Crippen LogP contribution in [0, 0.1) is 0 Å². The van der Waals surface area contributed by atoms with Crippen molar-refractivity contribution in [2.45, 2.75) is 6.54 Å². The molecule has 1 amide bonds. The Balaban J connectivity index is 1.61. The zero-order valence-electron chi connectivity index (χ0n) is 13.2. The first-order valence-corrected chi connectivity index (χ1v) is 8.37. The van der Waals surface area contributed by atoms with Gasteiger partial charge in [0.1, 0.15) is 0 Å². The number of hydrogen-bond acceptors (Lipinski definition) is 2. The van der Waals surface area contributed by atoms with E-state index in [1.807, 2.05) is 42.5 Å². The van der Waals surface area contributed by atoms with Crippen LogP contribution < -0.4 is 5.32 Å². The van der Waals surface area contributed by atoms with Crippen LogP contribution in [0.1, 0.15) is 11.1 Å². The third kappa shape index (κ3) is 4.95. The highest BCUT2D eigenvalue weighted by molar-refractivity contribution is 6.32. The van der Waals surface area contributed by atoms with Gasteiger partial charge in [0.2, 0.25) is 5.91 Å². The zero-order valence-corrected chi connectivity index (χ0v) is 14.7. The van der Waals surface area contributed by atoms with Gasteiger partial charge in [-0.3, -0.25) is 9.48 Å². The first kappa shape index (κ1) is 17.3. The van der Waals surface area contributed by atoms with Crippen molar-refractivity contribution in [2.24, 2.45) is 0 Å². The van der Waals surface area contributed by atoms with Crippen molar-refractivity contribution in [1.29, 1.82) is 0 Å². The lowest BCUT2D eigenvalue weighted by molar-refractivity contribution is -0.111. The summed E-state index contributed by atoms with van der Waals surface area (Å²) in [7, 11) is 0. The highest BCUT2D eigenvalue weighted by Gasteiger charge is 2.04. The second-order valence-corrected chi connectivity index (χ2v) is 6.22. The van der Waals surface area contributed by atoms with Crippen molar-refractivity contribution in [2.75, 3.05) is 5.32 Å². The predicted molar refractivity (Wildman–Crippen MR) is 102 cm³/mol. The Morgan fingerprint density at radius 1 is 1.12 bits per heavy atom. The van der Waals surface area contributed by atoms with Gasteiger partial charge in [0.15, 0.2) is 5.82 Å². The third-order valence-electron chi connectivity index (χ3n) is 3.45. The first-order chi connectivity index (χ1) is 12.1. The fourth-order valence-corrected chi connectivity index (χ4v) is 2.69. The lowest BCUT2D eigenvalue weighted by Gasteiger charge is -2.02. The van der Waals surface area contributed by atoms with Crippen LogP contribution in [0.3, 0.4) is 0 Å². The number of rotatable bonds is 5. The van der Waals surface area contributed by atoms with E-state index in [1.54, 1.807) is 29.1 Å². The molecule has 0 saturated heterocycles. The molecule has 3 aromatic rings. The van der Waals surface area contributed by atoms with Crippen LogP contribution in [0.25, 0.3) is 6.08 Å². The van der Waals surface area contributed by atoms with Gasteiger partial charge in [-0.2, -0.15) is 5.10 Å². The number of nitrogens with one attached hydrogen (secondary N) is 1. The number of carbonyl (C=O) groups excluding carboxylic acids is 1. The van der Waals surface area contributed by atoms with E-state index >= 15 is 0 Å². The van der Waals surface area contributed by atoms with Crippen LogP contribution in [0.2, 0.25) is 10.0 Å². The number of benzene rings is 2. The lowest BCUT2D eigenvalue weighted by atomic mass is 10.2. The van der Waals surface area contributed by atoms with E-state index in [-0.39, 0.29) is 5.91 Å². The predicted octanol–water partition coefficient (Wildman–Crippen LogP) is 4.89. The Labute approximate surface area is 155 Å². The summed E-state index contributed by atoms with van der Waals surface area (Å²) in [6.45, 7) is 0.575. The van der Waals surface area contributed by atoms with Gasteiger partial charge in [-0.1, -0.05) is 53.5 Å². The monoisotopic (exact) mass is 371 g/mol. The summed E-state index contributed by atoms with van der Waals surface area (Å²) in [4.78, 5) is 12.0. The largest absolute Gasteiger partial charge is 0.306 e. The highest BCUT2D eigenvalue weighted by Crippen LogP contribution is 2.16. The number of halogens is 2. The molecular formula is C19H15Cl2N3O. The van der Waals surface area contributed by atoms with Crippen molar-refractivity contribution in [3.8, 4) is 0 Å². The van der Waals surface area contributed by atoms with Crippen LogP contribution in [0.15, 0.2) is 66.9 Å². The second kappa shape index (κ2) is 8.01. The molecule has 1 aromatic heterocycles. The van der Waals surface area contributed by atoms with Gasteiger partial charge in [0, 0.05) is 28.4 Å².